The standard InChI is InChI=1S/C17H14F3N7/c18-17(19,20)8-23-15-13-10(2-5-22-15)26-27-14(13)11-6-12(25-9-24-11)16(7-21)3-1-4-16/h2,5-6,9H,1,3-4,8H2,(H,22,23)(H,26,27). The Morgan fingerprint density at radius 1 is 1.26 bits per heavy atom. The number of anilines is 1. The Bertz CT molecular complexity index is 1030. The van der Waals surface area contributed by atoms with Gasteiger partial charge in [0.25, 0.3) is 0 Å². The van der Waals surface area contributed by atoms with Crippen molar-refractivity contribution in [1.29, 1.82) is 5.26 Å². The van der Waals surface area contributed by atoms with E-state index < -0.39 is 18.1 Å². The molecule has 7 nitrogen and oxygen atoms in total. The van der Waals surface area contributed by atoms with E-state index in [1.807, 2.05) is 0 Å². The van der Waals surface area contributed by atoms with Gasteiger partial charge in [-0.3, -0.25) is 5.10 Å². The van der Waals surface area contributed by atoms with Crippen molar-refractivity contribution in [2.75, 3.05) is 11.9 Å². The number of nitriles is 1. The maximum Gasteiger partial charge on any atom is 0.405 e. The number of H-pyrrole nitrogens is 1. The highest BCUT2D eigenvalue weighted by Crippen LogP contribution is 2.43. The van der Waals surface area contributed by atoms with Gasteiger partial charge in [-0.1, -0.05) is 0 Å². The second kappa shape index (κ2) is 6.19. The molecule has 1 aliphatic rings. The Balaban J connectivity index is 1.78. The Morgan fingerprint density at radius 2 is 2.07 bits per heavy atom. The minimum absolute atomic E-state index is 0.0624. The third-order valence-corrected chi connectivity index (χ3v) is 4.75. The highest BCUT2D eigenvalue weighted by atomic mass is 19.4. The molecule has 0 unspecified atom stereocenters. The molecule has 1 fully saturated rings. The number of pyridine rings is 1. The molecule has 0 atom stereocenters. The summed E-state index contributed by atoms with van der Waals surface area (Å²) in [7, 11) is 0. The van der Waals surface area contributed by atoms with Crippen LogP contribution in [0.2, 0.25) is 0 Å². The van der Waals surface area contributed by atoms with Gasteiger partial charge in [0.05, 0.1) is 33.8 Å². The summed E-state index contributed by atoms with van der Waals surface area (Å²) in [5.74, 6) is 0.0624. The highest BCUT2D eigenvalue weighted by molar-refractivity contribution is 5.99. The lowest BCUT2D eigenvalue weighted by Crippen LogP contribution is -2.33. The van der Waals surface area contributed by atoms with E-state index in [2.05, 4.69) is 36.5 Å². The number of aromatic amines is 1. The summed E-state index contributed by atoms with van der Waals surface area (Å²) < 4.78 is 37.8. The van der Waals surface area contributed by atoms with Crippen LogP contribution in [-0.4, -0.2) is 37.9 Å². The van der Waals surface area contributed by atoms with Crippen molar-refractivity contribution in [2.24, 2.45) is 0 Å². The first-order chi connectivity index (χ1) is 12.9. The minimum Gasteiger partial charge on any atom is -0.361 e. The van der Waals surface area contributed by atoms with Crippen molar-refractivity contribution in [3.05, 3.63) is 30.4 Å². The molecule has 2 N–H and O–H groups in total. The molecule has 0 bridgehead atoms. The number of rotatable bonds is 4. The van der Waals surface area contributed by atoms with Gasteiger partial charge in [0.2, 0.25) is 0 Å². The summed E-state index contributed by atoms with van der Waals surface area (Å²) in [5, 5.41) is 19.2. The van der Waals surface area contributed by atoms with Crippen LogP contribution in [0.3, 0.4) is 0 Å². The Morgan fingerprint density at radius 3 is 2.74 bits per heavy atom. The molecule has 10 heteroatoms. The van der Waals surface area contributed by atoms with Gasteiger partial charge in [0.1, 0.15) is 24.4 Å². The van der Waals surface area contributed by atoms with Crippen LogP contribution in [0, 0.1) is 11.3 Å². The lowest BCUT2D eigenvalue weighted by atomic mass is 9.67. The predicted octanol–water partition coefficient (Wildman–Crippen LogP) is 3.33. The fourth-order valence-electron chi connectivity index (χ4n) is 3.17. The molecule has 0 aliphatic heterocycles. The van der Waals surface area contributed by atoms with E-state index in [1.165, 1.54) is 12.5 Å². The van der Waals surface area contributed by atoms with E-state index in [0.29, 0.717) is 28.0 Å². The lowest BCUT2D eigenvalue weighted by Gasteiger charge is -2.34. The first kappa shape index (κ1) is 17.2. The van der Waals surface area contributed by atoms with Gasteiger partial charge >= 0.3 is 6.18 Å². The number of halogens is 3. The number of hydrogen-bond donors (Lipinski definition) is 2. The van der Waals surface area contributed by atoms with Crippen LogP contribution in [0.15, 0.2) is 24.7 Å². The lowest BCUT2D eigenvalue weighted by molar-refractivity contribution is -0.115. The van der Waals surface area contributed by atoms with Gasteiger partial charge in [-0.15, -0.1) is 0 Å². The number of alkyl halides is 3. The Labute approximate surface area is 151 Å². The molecule has 1 saturated carbocycles. The molecule has 0 spiro atoms. The van der Waals surface area contributed by atoms with Crippen LogP contribution in [0.1, 0.15) is 25.0 Å². The first-order valence-electron chi connectivity index (χ1n) is 8.30. The van der Waals surface area contributed by atoms with Gasteiger partial charge in [-0.05, 0) is 31.4 Å². The molecule has 3 aromatic heterocycles. The van der Waals surface area contributed by atoms with E-state index >= 15 is 0 Å². The molecule has 1 aliphatic carbocycles. The van der Waals surface area contributed by atoms with Crippen LogP contribution in [0.25, 0.3) is 22.3 Å². The van der Waals surface area contributed by atoms with Crippen LogP contribution in [-0.2, 0) is 5.41 Å². The van der Waals surface area contributed by atoms with Crippen molar-refractivity contribution in [3.63, 3.8) is 0 Å². The minimum atomic E-state index is -4.38. The molecule has 4 rings (SSSR count). The molecule has 0 radical (unpaired) electrons. The number of nitrogens with zero attached hydrogens (tertiary/aromatic N) is 5. The molecule has 0 aromatic carbocycles. The fraction of sp³-hybridized carbons (Fsp3) is 0.353. The predicted molar refractivity (Wildman–Crippen MR) is 90.6 cm³/mol. The van der Waals surface area contributed by atoms with Crippen LogP contribution >= 0.6 is 0 Å². The Hall–Kier alpha value is -3.22. The average Bonchev–Trinajstić information content (AvgIpc) is 3.04. The molecule has 138 valence electrons. The largest absolute Gasteiger partial charge is 0.405 e. The second-order valence-electron chi connectivity index (χ2n) is 6.46. The summed E-state index contributed by atoms with van der Waals surface area (Å²) in [6, 6.07) is 5.62. The highest BCUT2D eigenvalue weighted by Gasteiger charge is 2.40. The van der Waals surface area contributed by atoms with E-state index in [4.69, 9.17) is 0 Å². The summed E-state index contributed by atoms with van der Waals surface area (Å²) in [6.07, 6.45) is 0.768. The molecule has 0 amide bonds. The zero-order chi connectivity index (χ0) is 19.1. The smallest absolute Gasteiger partial charge is 0.361 e. The second-order valence-corrected chi connectivity index (χ2v) is 6.46. The monoisotopic (exact) mass is 373 g/mol. The number of nitrogens with one attached hydrogen (secondary N) is 2. The molecule has 3 heterocycles. The van der Waals surface area contributed by atoms with Gasteiger partial charge in [-0.25, -0.2) is 15.0 Å². The van der Waals surface area contributed by atoms with Gasteiger partial charge in [0.15, 0.2) is 0 Å². The maximum atomic E-state index is 12.6. The summed E-state index contributed by atoms with van der Waals surface area (Å²) in [4.78, 5) is 12.5. The quantitative estimate of drug-likeness (QED) is 0.727. The summed E-state index contributed by atoms with van der Waals surface area (Å²) in [6.45, 7) is -1.21. The summed E-state index contributed by atoms with van der Waals surface area (Å²) >= 11 is 0. The molecule has 0 saturated heterocycles. The zero-order valence-electron chi connectivity index (χ0n) is 14.0. The van der Waals surface area contributed by atoms with Crippen molar-refractivity contribution >= 4 is 16.7 Å². The molecule has 27 heavy (non-hydrogen) atoms. The normalized spacial score (nSPS) is 15.9. The van der Waals surface area contributed by atoms with Gasteiger partial charge < -0.3 is 5.32 Å². The van der Waals surface area contributed by atoms with E-state index in [0.717, 1.165) is 19.3 Å². The number of fused-ring (bicyclic) bond motifs is 1. The fourth-order valence-corrected chi connectivity index (χ4v) is 3.17. The van der Waals surface area contributed by atoms with Crippen LogP contribution in [0.5, 0.6) is 0 Å². The van der Waals surface area contributed by atoms with Crippen molar-refractivity contribution in [3.8, 4) is 17.5 Å². The molecular formula is C17H14F3N7. The third-order valence-electron chi connectivity index (χ3n) is 4.75. The third kappa shape index (κ3) is 3.05. The first-order valence-corrected chi connectivity index (χ1v) is 8.30. The van der Waals surface area contributed by atoms with Gasteiger partial charge in [0, 0.05) is 6.20 Å². The maximum absolute atomic E-state index is 12.6. The van der Waals surface area contributed by atoms with Crippen molar-refractivity contribution in [1.82, 2.24) is 25.1 Å². The number of aromatic nitrogens is 5. The van der Waals surface area contributed by atoms with Crippen molar-refractivity contribution in [2.45, 2.75) is 30.9 Å². The molecule has 3 aromatic rings. The van der Waals surface area contributed by atoms with Crippen LogP contribution < -0.4 is 5.32 Å². The topological polar surface area (TPSA) is 103 Å². The van der Waals surface area contributed by atoms with E-state index in [9.17, 15) is 18.4 Å². The Kier molecular flexibility index (Phi) is 3.95. The van der Waals surface area contributed by atoms with E-state index in [1.54, 1.807) is 12.1 Å². The van der Waals surface area contributed by atoms with Gasteiger partial charge in [-0.2, -0.15) is 23.5 Å². The molecular weight excluding hydrogens is 359 g/mol. The SMILES string of the molecule is N#CC1(c2cc(-c3n[nH]c4ccnc(NCC(F)(F)F)c34)ncn2)CCC1. The van der Waals surface area contributed by atoms with Crippen LogP contribution in [0.4, 0.5) is 19.0 Å². The average molecular weight is 373 g/mol. The zero-order valence-corrected chi connectivity index (χ0v) is 14.0. The van der Waals surface area contributed by atoms with Crippen molar-refractivity contribution < 1.29 is 13.2 Å². The van der Waals surface area contributed by atoms with E-state index in [-0.39, 0.29) is 5.82 Å². The summed E-state index contributed by atoms with van der Waals surface area (Å²) in [5.41, 5.74) is 1.30. The number of hydrogen-bond acceptors (Lipinski definition) is 6.